The average molecular weight is 489 g/mol. The fraction of sp³-hybridized carbons (Fsp3) is 0.931. The third kappa shape index (κ3) is 3.18. The monoisotopic (exact) mass is 488 g/mol. The minimum Gasteiger partial charge on any atom is -0.462 e. The topological polar surface area (TPSA) is 82.1 Å². The van der Waals surface area contributed by atoms with E-state index in [4.69, 9.17) is 14.2 Å². The highest BCUT2D eigenvalue weighted by Gasteiger charge is 2.72. The van der Waals surface area contributed by atoms with Crippen LogP contribution in [0.25, 0.3) is 0 Å². The molecule has 0 aromatic heterocycles. The summed E-state index contributed by atoms with van der Waals surface area (Å²) in [7, 11) is 0. The SMILES string of the molecule is CC(=O)O[C@H]1CC[C@]2(C)[C@H]3CC[C@]4(C)[C@@H]5[C@H](C[C@H]4[C@@H]3CC(=O)[C@@]2(O)C1)O[C@]1(CC[C@@H](C)CO1)[C@H]5C. The van der Waals surface area contributed by atoms with E-state index in [1.165, 1.54) is 6.92 Å². The van der Waals surface area contributed by atoms with Gasteiger partial charge in [0.2, 0.25) is 0 Å². The number of hydrogen-bond donors (Lipinski definition) is 1. The van der Waals surface area contributed by atoms with Crippen molar-refractivity contribution in [2.45, 2.75) is 116 Å². The van der Waals surface area contributed by atoms with E-state index in [1.807, 2.05) is 0 Å². The van der Waals surface area contributed by atoms with Gasteiger partial charge in [0.25, 0.3) is 0 Å². The number of carbonyl (C=O) groups is 2. The Hall–Kier alpha value is -0.980. The van der Waals surface area contributed by atoms with Crippen molar-refractivity contribution in [2.75, 3.05) is 6.61 Å². The van der Waals surface area contributed by atoms with Gasteiger partial charge < -0.3 is 19.3 Å². The Bertz CT molecular complexity index is 909. The lowest BCUT2D eigenvalue weighted by Crippen LogP contribution is -2.67. The van der Waals surface area contributed by atoms with Crippen LogP contribution in [0.2, 0.25) is 0 Å². The first-order valence-electron chi connectivity index (χ1n) is 14.2. The van der Waals surface area contributed by atoms with E-state index < -0.39 is 16.8 Å². The number of esters is 1. The first-order valence-corrected chi connectivity index (χ1v) is 14.2. The summed E-state index contributed by atoms with van der Waals surface area (Å²) in [6.07, 6.45) is 7.30. The zero-order chi connectivity index (χ0) is 25.0. The van der Waals surface area contributed by atoms with Crippen molar-refractivity contribution in [3.8, 4) is 0 Å². The van der Waals surface area contributed by atoms with E-state index in [9.17, 15) is 14.7 Å². The van der Waals surface area contributed by atoms with Crippen molar-refractivity contribution < 1.29 is 28.9 Å². The van der Waals surface area contributed by atoms with Crippen molar-refractivity contribution in [2.24, 2.45) is 46.3 Å². The average Bonchev–Trinajstić information content (AvgIpc) is 3.23. The van der Waals surface area contributed by atoms with Crippen molar-refractivity contribution >= 4 is 11.8 Å². The van der Waals surface area contributed by atoms with E-state index in [0.29, 0.717) is 41.9 Å². The third-order valence-electron chi connectivity index (χ3n) is 12.2. The van der Waals surface area contributed by atoms with Gasteiger partial charge in [-0.2, -0.15) is 0 Å². The molecule has 0 aromatic rings. The maximum absolute atomic E-state index is 13.7. The number of rotatable bonds is 1. The van der Waals surface area contributed by atoms with Gasteiger partial charge >= 0.3 is 5.97 Å². The van der Waals surface area contributed by atoms with Crippen molar-refractivity contribution in [3.63, 3.8) is 0 Å². The summed E-state index contributed by atoms with van der Waals surface area (Å²) in [5.74, 6) is 1.68. The van der Waals surface area contributed by atoms with Gasteiger partial charge in [0.15, 0.2) is 11.6 Å². The molecule has 6 rings (SSSR count). The zero-order valence-electron chi connectivity index (χ0n) is 22.2. The molecule has 6 heteroatoms. The molecule has 2 heterocycles. The minimum atomic E-state index is -1.39. The summed E-state index contributed by atoms with van der Waals surface area (Å²) in [6, 6.07) is 0. The van der Waals surface area contributed by atoms with Crippen LogP contribution < -0.4 is 0 Å². The summed E-state index contributed by atoms with van der Waals surface area (Å²) in [5.41, 5.74) is -1.71. The molecular formula is C29H44O6. The van der Waals surface area contributed by atoms with Gasteiger partial charge in [0.05, 0.1) is 12.7 Å². The Balaban J connectivity index is 1.26. The van der Waals surface area contributed by atoms with Gasteiger partial charge in [-0.1, -0.05) is 27.7 Å². The Morgan fingerprint density at radius 1 is 1.09 bits per heavy atom. The summed E-state index contributed by atoms with van der Waals surface area (Å²) in [6.45, 7) is 11.4. The van der Waals surface area contributed by atoms with Crippen LogP contribution >= 0.6 is 0 Å². The molecule has 196 valence electrons. The quantitative estimate of drug-likeness (QED) is 0.541. The van der Waals surface area contributed by atoms with Gasteiger partial charge in [0, 0.05) is 37.5 Å². The lowest BCUT2D eigenvalue weighted by molar-refractivity contribution is -0.273. The van der Waals surface area contributed by atoms with E-state index in [1.54, 1.807) is 0 Å². The molecule has 35 heavy (non-hydrogen) atoms. The molecule has 6 fully saturated rings. The fourth-order valence-corrected chi connectivity index (χ4v) is 10.4. The van der Waals surface area contributed by atoms with E-state index in [0.717, 1.165) is 51.6 Å². The fourth-order valence-electron chi connectivity index (χ4n) is 10.4. The number of Topliss-reactive ketones (excluding diaryl/α,β-unsaturated/α-hetero) is 1. The van der Waals surface area contributed by atoms with Crippen LogP contribution in [0.5, 0.6) is 0 Å². The first kappa shape index (κ1) is 24.4. The van der Waals surface area contributed by atoms with Crippen LogP contribution in [-0.2, 0) is 23.8 Å². The van der Waals surface area contributed by atoms with Gasteiger partial charge in [-0.15, -0.1) is 0 Å². The van der Waals surface area contributed by atoms with Gasteiger partial charge in [-0.25, -0.2) is 0 Å². The number of fused-ring (bicyclic) bond motifs is 7. The van der Waals surface area contributed by atoms with Crippen LogP contribution in [0.4, 0.5) is 0 Å². The van der Waals surface area contributed by atoms with Gasteiger partial charge in [-0.3, -0.25) is 9.59 Å². The summed E-state index contributed by atoms with van der Waals surface area (Å²) in [5, 5.41) is 11.9. The molecule has 0 amide bonds. The molecule has 0 bridgehead atoms. The molecule has 4 aliphatic carbocycles. The lowest BCUT2D eigenvalue weighted by atomic mass is 9.42. The third-order valence-corrected chi connectivity index (χ3v) is 12.2. The van der Waals surface area contributed by atoms with Crippen LogP contribution in [0.15, 0.2) is 0 Å². The molecule has 1 spiro atoms. The molecule has 0 aromatic carbocycles. The number of ether oxygens (including phenoxy) is 3. The molecule has 0 radical (unpaired) electrons. The largest absolute Gasteiger partial charge is 0.462 e. The van der Waals surface area contributed by atoms with Crippen molar-refractivity contribution in [1.82, 2.24) is 0 Å². The molecule has 1 N–H and O–H groups in total. The van der Waals surface area contributed by atoms with Crippen LogP contribution in [0.1, 0.15) is 92.4 Å². The highest BCUT2D eigenvalue weighted by Crippen LogP contribution is 2.71. The van der Waals surface area contributed by atoms with Crippen LogP contribution in [0.3, 0.4) is 0 Å². The number of aliphatic hydroxyl groups is 1. The Morgan fingerprint density at radius 3 is 2.54 bits per heavy atom. The van der Waals surface area contributed by atoms with Crippen molar-refractivity contribution in [3.05, 3.63) is 0 Å². The molecule has 6 nitrogen and oxygen atoms in total. The predicted octanol–water partition coefficient (Wildman–Crippen LogP) is 4.66. The zero-order valence-corrected chi connectivity index (χ0v) is 22.2. The van der Waals surface area contributed by atoms with Crippen LogP contribution in [-0.4, -0.2) is 47.1 Å². The van der Waals surface area contributed by atoms with E-state index in [-0.39, 0.29) is 35.8 Å². The predicted molar refractivity (Wildman–Crippen MR) is 129 cm³/mol. The van der Waals surface area contributed by atoms with Gasteiger partial charge in [0.1, 0.15) is 11.7 Å². The molecule has 12 atom stereocenters. The van der Waals surface area contributed by atoms with Crippen molar-refractivity contribution in [1.29, 1.82) is 0 Å². The van der Waals surface area contributed by atoms with Crippen LogP contribution in [0, 0.1) is 46.3 Å². The summed E-state index contributed by atoms with van der Waals surface area (Å²) < 4.78 is 18.7. The number of hydrogen-bond acceptors (Lipinski definition) is 6. The van der Waals surface area contributed by atoms with E-state index >= 15 is 0 Å². The standard InChI is InChI=1S/C29H44O6/c1-16-6-11-29(33-15-16)17(2)25-23(35-29)13-22-20-12-24(31)28(32)14-19(34-18(3)30)7-10-27(28,5)21(20)8-9-26(22,25)4/h16-17,19-23,25,32H,6-15H2,1-5H3/t16-,17+,19+,20-,21+,22+,23+,25+,26+,27-,28+,29-/m1/s1. The smallest absolute Gasteiger partial charge is 0.302 e. The molecule has 6 aliphatic rings. The second kappa shape index (κ2) is 7.77. The maximum atomic E-state index is 13.7. The molecule has 4 saturated carbocycles. The molecule has 2 aliphatic heterocycles. The Kier molecular flexibility index (Phi) is 5.41. The maximum Gasteiger partial charge on any atom is 0.302 e. The van der Waals surface area contributed by atoms with E-state index in [2.05, 4.69) is 27.7 Å². The summed E-state index contributed by atoms with van der Waals surface area (Å²) >= 11 is 0. The lowest BCUT2D eigenvalue weighted by Gasteiger charge is -2.63. The highest BCUT2D eigenvalue weighted by atomic mass is 16.7. The Morgan fingerprint density at radius 2 is 1.86 bits per heavy atom. The molecular weight excluding hydrogens is 444 g/mol. The second-order valence-corrected chi connectivity index (χ2v) is 13.8. The molecule has 0 unspecified atom stereocenters. The normalized spacial score (nSPS) is 57.3. The highest BCUT2D eigenvalue weighted by molar-refractivity contribution is 5.89. The first-order chi connectivity index (χ1) is 16.4. The Labute approximate surface area is 209 Å². The van der Waals surface area contributed by atoms with Gasteiger partial charge in [-0.05, 0) is 73.5 Å². The number of ketones is 1. The minimum absolute atomic E-state index is 0.0329. The second-order valence-electron chi connectivity index (χ2n) is 13.8. The summed E-state index contributed by atoms with van der Waals surface area (Å²) in [4.78, 5) is 25.2. The molecule has 2 saturated heterocycles. The number of carbonyl (C=O) groups excluding carboxylic acids is 2.